The highest BCUT2D eigenvalue weighted by Gasteiger charge is 2.29. The van der Waals surface area contributed by atoms with Gasteiger partial charge in [0.1, 0.15) is 11.6 Å². The third-order valence-electron chi connectivity index (χ3n) is 7.88. The number of morpholine rings is 1. The number of ether oxygens (including phenoxy) is 2. The zero-order chi connectivity index (χ0) is 32.6. The molecule has 2 atom stereocenters. The molecule has 1 aliphatic carbocycles. The number of hydrogen-bond donors (Lipinski definition) is 1. The van der Waals surface area contributed by atoms with Crippen LogP contribution >= 0.6 is 0 Å². The predicted octanol–water partition coefficient (Wildman–Crippen LogP) is 5.65. The van der Waals surface area contributed by atoms with Gasteiger partial charge in [0.05, 0.1) is 47.7 Å². The molecular formula is C33H33F3N4O5S. The van der Waals surface area contributed by atoms with Crippen molar-refractivity contribution >= 4 is 32.3 Å². The summed E-state index contributed by atoms with van der Waals surface area (Å²) in [5.41, 5.74) is 1.27. The van der Waals surface area contributed by atoms with E-state index < -0.39 is 32.2 Å². The quantitative estimate of drug-likeness (QED) is 0.234. The summed E-state index contributed by atoms with van der Waals surface area (Å²) in [6, 6.07) is 13.8. The number of rotatable bonds is 10. The Labute approximate surface area is 264 Å². The molecule has 3 heterocycles. The molecule has 0 unspecified atom stereocenters. The fraction of sp³-hybridized carbons (Fsp3) is 0.364. The topological polar surface area (TPSA) is 111 Å². The van der Waals surface area contributed by atoms with E-state index in [0.717, 1.165) is 30.8 Å². The largest absolute Gasteiger partial charge is 0.374 e. The highest BCUT2D eigenvalue weighted by molar-refractivity contribution is 7.91. The maximum atomic E-state index is 16.0. The van der Waals surface area contributed by atoms with E-state index in [1.54, 1.807) is 18.2 Å². The zero-order valence-corrected chi connectivity index (χ0v) is 26.1. The number of nitrogens with one attached hydrogen (secondary N) is 1. The molecule has 6 rings (SSSR count). The summed E-state index contributed by atoms with van der Waals surface area (Å²) in [7, 11) is -4.95. The second kappa shape index (κ2) is 13.0. The molecule has 2 aliphatic rings. The number of halogens is 3. The second-order valence-corrected chi connectivity index (χ2v) is 13.6. The van der Waals surface area contributed by atoms with Crippen LogP contribution in [0.5, 0.6) is 0 Å². The molecule has 2 aromatic carbocycles. The minimum absolute atomic E-state index is 0.0200. The van der Waals surface area contributed by atoms with Crippen molar-refractivity contribution in [3.05, 3.63) is 83.4 Å². The number of anilines is 1. The normalized spacial score (nSPS) is 18.7. The maximum Gasteiger partial charge on any atom is 0.341 e. The van der Waals surface area contributed by atoms with Gasteiger partial charge in [0, 0.05) is 41.2 Å². The zero-order valence-electron chi connectivity index (χ0n) is 25.3. The van der Waals surface area contributed by atoms with E-state index in [1.807, 2.05) is 26.0 Å². The highest BCUT2D eigenvalue weighted by atomic mass is 32.2. The summed E-state index contributed by atoms with van der Waals surface area (Å²) in [4.78, 5) is 23.6. The van der Waals surface area contributed by atoms with Gasteiger partial charge in [0.15, 0.2) is 0 Å². The Morgan fingerprint density at radius 2 is 1.85 bits per heavy atom. The first-order valence-corrected chi connectivity index (χ1v) is 16.5. The van der Waals surface area contributed by atoms with Crippen molar-refractivity contribution < 1.29 is 35.9 Å². The van der Waals surface area contributed by atoms with E-state index in [-0.39, 0.29) is 48.0 Å². The fourth-order valence-corrected chi connectivity index (χ4v) is 6.31. The summed E-state index contributed by atoms with van der Waals surface area (Å²) < 4.78 is 78.5. The van der Waals surface area contributed by atoms with Gasteiger partial charge in [-0.2, -0.15) is 8.78 Å². The molecule has 4 aromatic rings. The Hall–Kier alpha value is -4.07. The maximum absolute atomic E-state index is 16.0. The number of aromatic nitrogens is 2. The molecule has 13 heteroatoms. The lowest BCUT2D eigenvalue weighted by Crippen LogP contribution is -2.45. The number of hydrogen-bond acceptors (Lipinski definition) is 8. The van der Waals surface area contributed by atoms with Crippen LogP contribution in [0.25, 0.3) is 22.0 Å². The van der Waals surface area contributed by atoms with Gasteiger partial charge in [-0.15, -0.1) is 0 Å². The Kier molecular flexibility index (Phi) is 8.99. The molecule has 2 fully saturated rings. The molecule has 2 aromatic heterocycles. The van der Waals surface area contributed by atoms with Crippen LogP contribution in [-0.2, 0) is 32.5 Å². The van der Waals surface area contributed by atoms with E-state index in [4.69, 9.17) is 14.5 Å². The molecule has 0 radical (unpaired) electrons. The Balaban J connectivity index is 1.22. The molecule has 9 nitrogen and oxygen atoms in total. The Bertz CT molecular complexity index is 1880. The SMILES string of the molecule is C[C@@H]1CN(c2cccc(-c3ccc4cnc(CNC(=O)c5cc(COC6CC6)cc(S(=O)(=O)C(F)F)c5)cc4c3F)n2)C[C@H](C)O1. The molecule has 0 spiro atoms. The number of pyridine rings is 2. The average molecular weight is 655 g/mol. The second-order valence-electron chi connectivity index (χ2n) is 11.7. The minimum atomic E-state index is -4.95. The van der Waals surface area contributed by atoms with Crippen molar-refractivity contribution in [3.8, 4) is 11.3 Å². The van der Waals surface area contributed by atoms with E-state index in [1.165, 1.54) is 18.3 Å². The lowest BCUT2D eigenvalue weighted by molar-refractivity contribution is -0.00545. The van der Waals surface area contributed by atoms with Crippen LogP contribution < -0.4 is 10.2 Å². The number of alkyl halides is 2. The van der Waals surface area contributed by atoms with Crippen molar-refractivity contribution in [2.24, 2.45) is 0 Å². The summed E-state index contributed by atoms with van der Waals surface area (Å²) >= 11 is 0. The van der Waals surface area contributed by atoms with Crippen LogP contribution in [0.1, 0.15) is 48.3 Å². The Morgan fingerprint density at radius 1 is 1.09 bits per heavy atom. The van der Waals surface area contributed by atoms with Crippen molar-refractivity contribution in [1.82, 2.24) is 15.3 Å². The number of sulfone groups is 1. The summed E-state index contributed by atoms with van der Waals surface area (Å²) in [6.45, 7) is 5.20. The van der Waals surface area contributed by atoms with E-state index >= 15 is 4.39 Å². The van der Waals surface area contributed by atoms with Gasteiger partial charge in [-0.3, -0.25) is 9.78 Å². The standard InChI is InChI=1S/C33H33F3N4O5S/c1-19-16-40(17-20(2)45-19)30-5-3-4-29(39-30)27-9-6-22-14-37-24(13-28(22)31(27)34)15-38-32(41)23-10-21(18-44-25-7-8-25)11-26(12-23)46(42,43)33(35)36/h3-6,9-14,19-20,25,33H,7-8,15-18H2,1-2H3,(H,38,41)/t19-,20+. The van der Waals surface area contributed by atoms with Gasteiger partial charge in [-0.05, 0) is 74.7 Å². The fourth-order valence-electron chi connectivity index (χ4n) is 5.50. The van der Waals surface area contributed by atoms with E-state index in [2.05, 4.69) is 15.2 Å². The lowest BCUT2D eigenvalue weighted by atomic mass is 10.0. The van der Waals surface area contributed by atoms with Crippen molar-refractivity contribution in [1.29, 1.82) is 0 Å². The lowest BCUT2D eigenvalue weighted by Gasteiger charge is -2.36. The van der Waals surface area contributed by atoms with Gasteiger partial charge >= 0.3 is 5.76 Å². The van der Waals surface area contributed by atoms with Gasteiger partial charge in [-0.1, -0.05) is 12.1 Å². The third-order valence-corrected chi connectivity index (χ3v) is 9.24. The number of carbonyl (C=O) groups excluding carboxylic acids is 1. The van der Waals surface area contributed by atoms with E-state index in [9.17, 15) is 22.0 Å². The Morgan fingerprint density at radius 3 is 2.57 bits per heavy atom. The van der Waals surface area contributed by atoms with Crippen molar-refractivity contribution in [3.63, 3.8) is 0 Å². The molecule has 242 valence electrons. The average Bonchev–Trinajstić information content (AvgIpc) is 3.87. The van der Waals surface area contributed by atoms with Crippen LogP contribution in [-0.4, -0.2) is 61.5 Å². The molecule has 46 heavy (non-hydrogen) atoms. The van der Waals surface area contributed by atoms with Gasteiger partial charge in [-0.25, -0.2) is 17.8 Å². The van der Waals surface area contributed by atoms with E-state index in [0.29, 0.717) is 35.4 Å². The first-order chi connectivity index (χ1) is 22.0. The predicted molar refractivity (Wildman–Crippen MR) is 166 cm³/mol. The number of fused-ring (bicyclic) bond motifs is 1. The minimum Gasteiger partial charge on any atom is -0.374 e. The van der Waals surface area contributed by atoms with Crippen LogP contribution in [0.4, 0.5) is 19.0 Å². The summed E-state index contributed by atoms with van der Waals surface area (Å²) in [5.74, 6) is -4.12. The molecule has 1 saturated heterocycles. The van der Waals surface area contributed by atoms with Gasteiger partial charge in [0.2, 0.25) is 9.84 Å². The van der Waals surface area contributed by atoms with Crippen LogP contribution in [0.3, 0.4) is 0 Å². The first-order valence-electron chi connectivity index (χ1n) is 15.0. The first kappa shape index (κ1) is 31.9. The van der Waals surface area contributed by atoms with Gasteiger partial charge < -0.3 is 19.7 Å². The number of carbonyl (C=O) groups is 1. The van der Waals surface area contributed by atoms with Crippen molar-refractivity contribution in [2.45, 2.75) is 68.8 Å². The summed E-state index contributed by atoms with van der Waals surface area (Å²) in [6.07, 6.45) is 3.32. The van der Waals surface area contributed by atoms with Crippen LogP contribution in [0.2, 0.25) is 0 Å². The van der Waals surface area contributed by atoms with Crippen LogP contribution in [0.15, 0.2) is 65.7 Å². The molecule has 1 N–H and O–H groups in total. The van der Waals surface area contributed by atoms with Crippen LogP contribution in [0, 0.1) is 5.82 Å². The molecule has 0 bridgehead atoms. The molecular weight excluding hydrogens is 621 g/mol. The monoisotopic (exact) mass is 654 g/mol. The number of nitrogens with zero attached hydrogens (tertiary/aromatic N) is 3. The smallest absolute Gasteiger partial charge is 0.341 e. The number of benzene rings is 2. The summed E-state index contributed by atoms with van der Waals surface area (Å²) in [5, 5.41) is 3.46. The van der Waals surface area contributed by atoms with Crippen molar-refractivity contribution in [2.75, 3.05) is 18.0 Å². The molecule has 1 saturated carbocycles. The molecule has 1 aliphatic heterocycles. The molecule has 1 amide bonds. The van der Waals surface area contributed by atoms with Gasteiger partial charge in [0.25, 0.3) is 5.91 Å². The number of amides is 1. The third kappa shape index (κ3) is 7.01. The highest BCUT2D eigenvalue weighted by Crippen LogP contribution is 2.30.